The van der Waals surface area contributed by atoms with E-state index in [9.17, 15) is 32.7 Å². The molecule has 1 N–H and O–H groups in total. The summed E-state index contributed by atoms with van der Waals surface area (Å²) in [6, 6.07) is 4.19. The van der Waals surface area contributed by atoms with Crippen LogP contribution >= 0.6 is 22.6 Å². The second kappa shape index (κ2) is 7.72. The molecule has 0 spiro atoms. The molecule has 1 aromatic rings. The normalized spacial score (nSPS) is 25.6. The van der Waals surface area contributed by atoms with Crippen molar-refractivity contribution in [2.24, 2.45) is 23.7 Å². The highest BCUT2D eigenvalue weighted by Gasteiger charge is 2.53. The van der Waals surface area contributed by atoms with Crippen LogP contribution in [0.15, 0.2) is 30.4 Å². The number of halogens is 4. The van der Waals surface area contributed by atoms with Crippen LogP contribution in [-0.4, -0.2) is 35.8 Å². The standard InChI is InChI=1S/C18H14F3IO6/c19-18(20,21)7-27-16(25)13-8-1-2-9(5-8)14(13)17(26)28-12-4-3-10(22)6-11(12)15(23)24/h1-4,6,8-9,13-14H,5,7H2,(H,23,24). The first-order valence-electron chi connectivity index (χ1n) is 8.23. The van der Waals surface area contributed by atoms with Crippen molar-refractivity contribution < 1.29 is 42.1 Å². The number of allylic oxidation sites excluding steroid dienone is 2. The van der Waals surface area contributed by atoms with E-state index in [4.69, 9.17) is 4.74 Å². The number of carboxylic acids is 1. The molecule has 6 nitrogen and oxygen atoms in total. The lowest BCUT2D eigenvalue weighted by atomic mass is 9.83. The van der Waals surface area contributed by atoms with Crippen molar-refractivity contribution >= 4 is 40.5 Å². The van der Waals surface area contributed by atoms with Gasteiger partial charge in [-0.1, -0.05) is 12.2 Å². The Morgan fingerprint density at radius 3 is 2.29 bits per heavy atom. The van der Waals surface area contributed by atoms with Gasteiger partial charge in [0.1, 0.15) is 11.3 Å². The van der Waals surface area contributed by atoms with Gasteiger partial charge >= 0.3 is 24.1 Å². The molecule has 2 aliphatic carbocycles. The number of carboxylic acid groups (broad SMARTS) is 1. The Kier molecular flexibility index (Phi) is 5.69. The van der Waals surface area contributed by atoms with Gasteiger partial charge in [0, 0.05) is 3.57 Å². The minimum Gasteiger partial charge on any atom is -0.478 e. The lowest BCUT2D eigenvalue weighted by Gasteiger charge is -2.25. The maximum Gasteiger partial charge on any atom is 0.422 e. The van der Waals surface area contributed by atoms with Crippen molar-refractivity contribution in [1.82, 2.24) is 0 Å². The minimum atomic E-state index is -4.67. The second-order valence-electron chi connectivity index (χ2n) is 6.59. The number of esters is 2. The highest BCUT2D eigenvalue weighted by molar-refractivity contribution is 14.1. The van der Waals surface area contributed by atoms with Crippen LogP contribution in [0.5, 0.6) is 5.75 Å². The maximum atomic E-state index is 12.7. The number of benzene rings is 1. The monoisotopic (exact) mass is 510 g/mol. The Hall–Kier alpha value is -2.11. The Morgan fingerprint density at radius 1 is 1.11 bits per heavy atom. The van der Waals surface area contributed by atoms with Crippen LogP contribution in [0.1, 0.15) is 16.8 Å². The Labute approximate surface area is 170 Å². The molecule has 10 heteroatoms. The molecule has 1 aromatic carbocycles. The summed E-state index contributed by atoms with van der Waals surface area (Å²) in [4.78, 5) is 36.3. The molecule has 28 heavy (non-hydrogen) atoms. The smallest absolute Gasteiger partial charge is 0.422 e. The van der Waals surface area contributed by atoms with Crippen molar-refractivity contribution in [1.29, 1.82) is 0 Å². The second-order valence-corrected chi connectivity index (χ2v) is 7.84. The van der Waals surface area contributed by atoms with Crippen LogP contribution in [0.3, 0.4) is 0 Å². The topological polar surface area (TPSA) is 89.9 Å². The number of carbonyl (C=O) groups excluding carboxylic acids is 2. The summed E-state index contributed by atoms with van der Waals surface area (Å²) < 4.78 is 47.2. The molecule has 4 unspecified atom stereocenters. The highest BCUT2D eigenvalue weighted by Crippen LogP contribution is 2.49. The summed E-state index contributed by atoms with van der Waals surface area (Å²) in [6.07, 6.45) is -0.849. The van der Waals surface area contributed by atoms with Gasteiger partial charge in [-0.2, -0.15) is 13.2 Å². The first kappa shape index (κ1) is 20.6. The number of carbonyl (C=O) groups is 3. The van der Waals surface area contributed by atoms with Gasteiger partial charge < -0.3 is 14.6 Å². The Bertz CT molecular complexity index is 850. The zero-order valence-corrected chi connectivity index (χ0v) is 16.3. The quantitative estimate of drug-likeness (QED) is 0.283. The van der Waals surface area contributed by atoms with E-state index in [1.54, 1.807) is 18.2 Å². The first-order valence-corrected chi connectivity index (χ1v) is 9.31. The van der Waals surface area contributed by atoms with Crippen LogP contribution in [0.25, 0.3) is 0 Å². The number of hydrogen-bond acceptors (Lipinski definition) is 5. The van der Waals surface area contributed by atoms with Crippen LogP contribution in [0, 0.1) is 27.2 Å². The van der Waals surface area contributed by atoms with E-state index in [-0.39, 0.29) is 17.2 Å². The van der Waals surface area contributed by atoms with E-state index in [1.165, 1.54) is 12.1 Å². The molecule has 0 heterocycles. The number of alkyl halides is 3. The average molecular weight is 510 g/mol. The van der Waals surface area contributed by atoms with Crippen molar-refractivity contribution in [2.75, 3.05) is 6.61 Å². The summed E-state index contributed by atoms with van der Waals surface area (Å²) in [7, 11) is 0. The summed E-state index contributed by atoms with van der Waals surface area (Å²) in [6.45, 7) is -1.73. The van der Waals surface area contributed by atoms with Crippen molar-refractivity contribution in [3.63, 3.8) is 0 Å². The Morgan fingerprint density at radius 2 is 1.71 bits per heavy atom. The zero-order chi connectivity index (χ0) is 20.6. The molecule has 4 atom stereocenters. The molecule has 1 saturated carbocycles. The van der Waals surface area contributed by atoms with E-state index < -0.39 is 48.4 Å². The van der Waals surface area contributed by atoms with Crippen LogP contribution in [-0.2, 0) is 14.3 Å². The lowest BCUT2D eigenvalue weighted by molar-refractivity contribution is -0.191. The first-order chi connectivity index (χ1) is 13.1. The number of aromatic carboxylic acids is 1. The Balaban J connectivity index is 1.79. The summed E-state index contributed by atoms with van der Waals surface area (Å²) in [5.74, 6) is -6.38. The molecule has 1 fully saturated rings. The number of hydrogen-bond donors (Lipinski definition) is 1. The van der Waals surface area contributed by atoms with Gasteiger partial charge in [-0.25, -0.2) is 4.79 Å². The fraction of sp³-hybridized carbons (Fsp3) is 0.389. The van der Waals surface area contributed by atoms with Gasteiger partial charge in [-0.15, -0.1) is 0 Å². The number of fused-ring (bicyclic) bond motifs is 2. The van der Waals surface area contributed by atoms with E-state index in [0.717, 1.165) is 0 Å². The fourth-order valence-corrected chi connectivity index (χ4v) is 4.14. The minimum absolute atomic E-state index is 0.188. The molecule has 0 amide bonds. The molecule has 0 radical (unpaired) electrons. The van der Waals surface area contributed by atoms with Gasteiger partial charge in [-0.05, 0) is 59.0 Å². The summed E-state index contributed by atoms with van der Waals surface area (Å²) in [5.41, 5.74) is -0.227. The zero-order valence-electron chi connectivity index (χ0n) is 14.1. The number of rotatable bonds is 5. The van der Waals surface area contributed by atoms with Crippen molar-refractivity contribution in [3.05, 3.63) is 39.5 Å². The number of ether oxygens (including phenoxy) is 2. The predicted octanol–water partition coefficient (Wildman–Crippen LogP) is 3.44. The van der Waals surface area contributed by atoms with Gasteiger partial charge in [0.25, 0.3) is 0 Å². The molecular formula is C18H14F3IO6. The third kappa shape index (κ3) is 4.31. The summed E-state index contributed by atoms with van der Waals surface area (Å²) >= 11 is 1.90. The van der Waals surface area contributed by atoms with Gasteiger partial charge in [0.15, 0.2) is 6.61 Å². The van der Waals surface area contributed by atoms with Gasteiger partial charge in [0.05, 0.1) is 11.8 Å². The largest absolute Gasteiger partial charge is 0.478 e. The summed E-state index contributed by atoms with van der Waals surface area (Å²) in [5, 5.41) is 9.27. The van der Waals surface area contributed by atoms with Gasteiger partial charge in [0.2, 0.25) is 0 Å². The van der Waals surface area contributed by atoms with Crippen LogP contribution in [0.4, 0.5) is 13.2 Å². The highest BCUT2D eigenvalue weighted by atomic mass is 127. The third-order valence-corrected chi connectivity index (χ3v) is 5.44. The molecule has 0 saturated heterocycles. The molecule has 2 bridgehead atoms. The average Bonchev–Trinajstić information content (AvgIpc) is 3.21. The van der Waals surface area contributed by atoms with Crippen LogP contribution < -0.4 is 4.74 Å². The van der Waals surface area contributed by atoms with Gasteiger partial charge in [-0.3, -0.25) is 9.59 Å². The molecule has 2 aliphatic rings. The lowest BCUT2D eigenvalue weighted by Crippen LogP contribution is -2.37. The fourth-order valence-electron chi connectivity index (χ4n) is 3.65. The SMILES string of the molecule is O=C(O)c1cc(I)ccc1OC(=O)C1C2C=CC(C2)C1C(=O)OCC(F)(F)F. The van der Waals surface area contributed by atoms with Crippen LogP contribution in [0.2, 0.25) is 0 Å². The van der Waals surface area contributed by atoms with E-state index in [0.29, 0.717) is 9.99 Å². The molecule has 3 rings (SSSR count). The third-order valence-electron chi connectivity index (χ3n) is 4.76. The molecule has 0 aliphatic heterocycles. The molecule has 0 aromatic heterocycles. The van der Waals surface area contributed by atoms with Crippen molar-refractivity contribution in [3.8, 4) is 5.75 Å². The maximum absolute atomic E-state index is 12.7. The predicted molar refractivity (Wildman–Crippen MR) is 96.5 cm³/mol. The molecular weight excluding hydrogens is 496 g/mol. The van der Waals surface area contributed by atoms with Crippen molar-refractivity contribution in [2.45, 2.75) is 12.6 Å². The van der Waals surface area contributed by atoms with E-state index in [2.05, 4.69) is 4.74 Å². The van der Waals surface area contributed by atoms with E-state index in [1.807, 2.05) is 22.6 Å². The molecule has 150 valence electrons. The van der Waals surface area contributed by atoms with E-state index >= 15 is 0 Å².